The molecule has 0 unspecified atom stereocenters. The molecule has 3 rings (SSSR count). The van der Waals surface area contributed by atoms with Crippen molar-refractivity contribution in [2.45, 2.75) is 19.6 Å². The summed E-state index contributed by atoms with van der Waals surface area (Å²) < 4.78 is 51.3. The average molecular weight is 407 g/mol. The van der Waals surface area contributed by atoms with E-state index < -0.39 is 17.6 Å². The van der Waals surface area contributed by atoms with Crippen molar-refractivity contribution in [2.75, 3.05) is 25.6 Å². The molecule has 29 heavy (non-hydrogen) atoms. The van der Waals surface area contributed by atoms with Gasteiger partial charge < -0.3 is 19.4 Å². The zero-order valence-corrected chi connectivity index (χ0v) is 15.9. The lowest BCUT2D eigenvalue weighted by Crippen LogP contribution is -2.20. The lowest BCUT2D eigenvalue weighted by atomic mass is 10.1. The molecule has 3 aromatic rings. The summed E-state index contributed by atoms with van der Waals surface area (Å²) in [4.78, 5) is 17.0. The quantitative estimate of drug-likeness (QED) is 0.601. The predicted octanol–water partition coefficient (Wildman–Crippen LogP) is 4.03. The van der Waals surface area contributed by atoms with E-state index in [-0.39, 0.29) is 31.2 Å². The Morgan fingerprint density at radius 3 is 2.66 bits per heavy atom. The molecular formula is C20H20F3N3O3. The molecule has 1 heterocycles. The molecule has 1 N–H and O–H groups in total. The van der Waals surface area contributed by atoms with Crippen LogP contribution in [0, 0.1) is 6.92 Å². The Morgan fingerprint density at radius 2 is 1.93 bits per heavy atom. The van der Waals surface area contributed by atoms with Crippen molar-refractivity contribution in [3.05, 3.63) is 53.9 Å². The Bertz CT molecular complexity index is 1020. The van der Waals surface area contributed by atoms with E-state index in [2.05, 4.69) is 10.3 Å². The van der Waals surface area contributed by atoms with Crippen molar-refractivity contribution < 1.29 is 27.4 Å². The summed E-state index contributed by atoms with van der Waals surface area (Å²) in [5, 5.41) is 2.53. The highest BCUT2D eigenvalue weighted by Crippen LogP contribution is 2.35. The van der Waals surface area contributed by atoms with Crippen molar-refractivity contribution >= 4 is 22.6 Å². The van der Waals surface area contributed by atoms with Gasteiger partial charge in [-0.25, -0.2) is 4.98 Å². The molecule has 0 fully saturated rings. The fourth-order valence-electron chi connectivity index (χ4n) is 2.89. The monoisotopic (exact) mass is 407 g/mol. The number of carbonyl (C=O) groups is 1. The summed E-state index contributed by atoms with van der Waals surface area (Å²) in [7, 11) is 1.48. The van der Waals surface area contributed by atoms with E-state index in [9.17, 15) is 18.0 Å². The number of fused-ring (bicyclic) bond motifs is 1. The second-order valence-electron chi connectivity index (χ2n) is 6.33. The second-order valence-corrected chi connectivity index (χ2v) is 6.33. The van der Waals surface area contributed by atoms with Gasteiger partial charge in [0.15, 0.2) is 0 Å². The highest BCUT2D eigenvalue weighted by atomic mass is 19.4. The van der Waals surface area contributed by atoms with E-state index in [0.717, 1.165) is 23.2 Å². The third-order valence-corrected chi connectivity index (χ3v) is 4.27. The molecular weight excluding hydrogens is 387 g/mol. The zero-order valence-electron chi connectivity index (χ0n) is 15.9. The number of rotatable bonds is 7. The van der Waals surface area contributed by atoms with Crippen LogP contribution in [-0.2, 0) is 22.3 Å². The number of nitrogens with zero attached hydrogens (tertiary/aromatic N) is 2. The van der Waals surface area contributed by atoms with Gasteiger partial charge in [0.2, 0.25) is 5.91 Å². The minimum Gasteiger partial charge on any atom is -0.489 e. The highest BCUT2D eigenvalue weighted by molar-refractivity contribution is 5.93. The van der Waals surface area contributed by atoms with Crippen LogP contribution in [0.2, 0.25) is 0 Å². The van der Waals surface area contributed by atoms with Crippen molar-refractivity contribution in [2.24, 2.45) is 0 Å². The number of ether oxygens (including phenoxy) is 2. The van der Waals surface area contributed by atoms with Crippen LogP contribution in [0.5, 0.6) is 5.75 Å². The minimum absolute atomic E-state index is 0.0528. The maximum Gasteiger partial charge on any atom is 0.416 e. The van der Waals surface area contributed by atoms with Crippen LogP contribution in [0.3, 0.4) is 0 Å². The van der Waals surface area contributed by atoms with Gasteiger partial charge in [0.1, 0.15) is 24.7 Å². The third kappa shape index (κ3) is 4.86. The third-order valence-electron chi connectivity index (χ3n) is 4.27. The lowest BCUT2D eigenvalue weighted by Gasteiger charge is -2.16. The maximum absolute atomic E-state index is 13.1. The van der Waals surface area contributed by atoms with E-state index in [1.807, 2.05) is 24.3 Å². The summed E-state index contributed by atoms with van der Waals surface area (Å²) in [5.41, 5.74) is 0.570. The molecule has 0 aliphatic rings. The fraction of sp³-hybridized carbons (Fsp3) is 0.300. The molecule has 0 bridgehead atoms. The standard InChI is InChI=1S/C20H20F3N3O3/c1-13-24-15-5-3-4-6-17(15)26(13)12-19(27)25-16-11-14(20(21,22)23)7-8-18(16)29-10-9-28-2/h3-8,11H,9-10,12H2,1-2H3,(H,25,27). The molecule has 0 radical (unpaired) electrons. The predicted molar refractivity (Wildman–Crippen MR) is 102 cm³/mol. The average Bonchev–Trinajstić information content (AvgIpc) is 2.97. The molecule has 0 aliphatic carbocycles. The number of amides is 1. The van der Waals surface area contributed by atoms with Gasteiger partial charge in [-0.2, -0.15) is 13.2 Å². The number of benzene rings is 2. The number of hydrogen-bond donors (Lipinski definition) is 1. The van der Waals surface area contributed by atoms with Crippen LogP contribution in [0.25, 0.3) is 11.0 Å². The van der Waals surface area contributed by atoms with E-state index in [4.69, 9.17) is 9.47 Å². The van der Waals surface area contributed by atoms with Gasteiger partial charge in [-0.05, 0) is 37.3 Å². The molecule has 9 heteroatoms. The molecule has 0 saturated carbocycles. The Balaban J connectivity index is 1.84. The number of nitrogens with one attached hydrogen (secondary N) is 1. The van der Waals surface area contributed by atoms with Gasteiger partial charge in [0.25, 0.3) is 0 Å². The Hall–Kier alpha value is -3.07. The van der Waals surface area contributed by atoms with E-state index in [0.29, 0.717) is 5.82 Å². The normalized spacial score (nSPS) is 11.6. The van der Waals surface area contributed by atoms with Gasteiger partial charge in [0.05, 0.1) is 28.9 Å². The molecule has 2 aromatic carbocycles. The molecule has 0 saturated heterocycles. The number of halogens is 3. The Kier molecular flexibility index (Phi) is 6.07. The summed E-state index contributed by atoms with van der Waals surface area (Å²) in [6.45, 7) is 2.06. The molecule has 1 aromatic heterocycles. The van der Waals surface area contributed by atoms with E-state index >= 15 is 0 Å². The Labute approximate surface area is 165 Å². The fourth-order valence-corrected chi connectivity index (χ4v) is 2.89. The lowest BCUT2D eigenvalue weighted by molar-refractivity contribution is -0.137. The molecule has 1 amide bonds. The number of hydrogen-bond acceptors (Lipinski definition) is 4. The SMILES string of the molecule is COCCOc1ccc(C(F)(F)F)cc1NC(=O)Cn1c(C)nc2ccccc21. The first kappa shape index (κ1) is 20.7. The van der Waals surface area contributed by atoms with Crippen molar-refractivity contribution in [3.63, 3.8) is 0 Å². The zero-order chi connectivity index (χ0) is 21.0. The van der Waals surface area contributed by atoms with Gasteiger partial charge in [-0.3, -0.25) is 4.79 Å². The van der Waals surface area contributed by atoms with E-state index in [1.165, 1.54) is 13.2 Å². The number of anilines is 1. The molecule has 0 spiro atoms. The number of aromatic nitrogens is 2. The highest BCUT2D eigenvalue weighted by Gasteiger charge is 2.31. The van der Waals surface area contributed by atoms with Crippen LogP contribution in [0.1, 0.15) is 11.4 Å². The molecule has 0 atom stereocenters. The second kappa shape index (κ2) is 8.52. The number of aryl methyl sites for hydroxylation is 1. The number of para-hydroxylation sites is 2. The number of imidazole rings is 1. The van der Waals surface area contributed by atoms with Gasteiger partial charge in [-0.1, -0.05) is 12.1 Å². The summed E-state index contributed by atoms with van der Waals surface area (Å²) in [5.74, 6) is 0.268. The molecule has 6 nitrogen and oxygen atoms in total. The van der Waals surface area contributed by atoms with Gasteiger partial charge >= 0.3 is 6.18 Å². The number of methoxy groups -OCH3 is 1. The summed E-state index contributed by atoms with van der Waals surface area (Å²) in [6, 6.07) is 10.3. The first-order chi connectivity index (χ1) is 13.8. The maximum atomic E-state index is 13.1. The molecule has 154 valence electrons. The van der Waals surface area contributed by atoms with Crippen LogP contribution in [0.4, 0.5) is 18.9 Å². The van der Waals surface area contributed by atoms with Gasteiger partial charge in [-0.15, -0.1) is 0 Å². The Morgan fingerprint density at radius 1 is 1.17 bits per heavy atom. The largest absolute Gasteiger partial charge is 0.489 e. The van der Waals surface area contributed by atoms with E-state index in [1.54, 1.807) is 11.5 Å². The van der Waals surface area contributed by atoms with Crippen molar-refractivity contribution in [3.8, 4) is 5.75 Å². The smallest absolute Gasteiger partial charge is 0.416 e. The van der Waals surface area contributed by atoms with Gasteiger partial charge in [0, 0.05) is 7.11 Å². The first-order valence-corrected chi connectivity index (χ1v) is 8.84. The minimum atomic E-state index is -4.54. The van der Waals surface area contributed by atoms with Crippen LogP contribution in [-0.4, -0.2) is 35.8 Å². The van der Waals surface area contributed by atoms with Crippen LogP contribution in [0.15, 0.2) is 42.5 Å². The topological polar surface area (TPSA) is 65.4 Å². The summed E-state index contributed by atoms with van der Waals surface area (Å²) in [6.07, 6.45) is -4.54. The van der Waals surface area contributed by atoms with Crippen molar-refractivity contribution in [1.29, 1.82) is 0 Å². The number of alkyl halides is 3. The summed E-state index contributed by atoms with van der Waals surface area (Å²) >= 11 is 0. The van der Waals surface area contributed by atoms with Crippen LogP contribution < -0.4 is 10.1 Å². The first-order valence-electron chi connectivity index (χ1n) is 8.84. The molecule has 0 aliphatic heterocycles. The van der Waals surface area contributed by atoms with Crippen LogP contribution >= 0.6 is 0 Å². The number of carbonyl (C=O) groups excluding carboxylic acids is 1. The van der Waals surface area contributed by atoms with Crippen molar-refractivity contribution in [1.82, 2.24) is 9.55 Å².